The van der Waals surface area contributed by atoms with Crippen LogP contribution in [0, 0.1) is 15.5 Å². The van der Waals surface area contributed by atoms with Gasteiger partial charge in [0.15, 0.2) is 4.98 Å². The number of hydrogen-bond donors (Lipinski definition) is 0. The van der Waals surface area contributed by atoms with Gasteiger partial charge in [-0.1, -0.05) is 0 Å². The number of nitrogens with zero attached hydrogens (tertiary/aromatic N) is 3. The van der Waals surface area contributed by atoms with Gasteiger partial charge in [0.1, 0.15) is 6.07 Å². The van der Waals surface area contributed by atoms with Gasteiger partial charge in [-0.05, 0) is 6.07 Å². The average molecular weight is 234 g/mol. The van der Waals surface area contributed by atoms with Crippen molar-refractivity contribution in [1.82, 2.24) is 0 Å². The van der Waals surface area contributed by atoms with Gasteiger partial charge in [-0.25, -0.2) is 0 Å². The SMILES string of the molecule is N#[N+]c1cc([N+](=O)[O-])ccc1OC(F)(F)F. The maximum Gasteiger partial charge on any atom is 0.573 e. The van der Waals surface area contributed by atoms with E-state index in [1.165, 1.54) is 0 Å². The van der Waals surface area contributed by atoms with Crippen LogP contribution >= 0.6 is 0 Å². The van der Waals surface area contributed by atoms with Gasteiger partial charge < -0.3 is 4.74 Å². The third-order valence-corrected chi connectivity index (χ3v) is 1.49. The summed E-state index contributed by atoms with van der Waals surface area (Å²) in [4.78, 5) is 11.9. The minimum atomic E-state index is -4.96. The zero-order chi connectivity index (χ0) is 12.3. The molecule has 1 rings (SSSR count). The molecule has 6 nitrogen and oxygen atoms in total. The van der Waals surface area contributed by atoms with E-state index in [4.69, 9.17) is 5.39 Å². The van der Waals surface area contributed by atoms with Gasteiger partial charge in [-0.15, -0.1) is 13.2 Å². The van der Waals surface area contributed by atoms with Crippen LogP contribution in [-0.4, -0.2) is 11.3 Å². The van der Waals surface area contributed by atoms with Crippen LogP contribution in [0.2, 0.25) is 0 Å². The summed E-state index contributed by atoms with van der Waals surface area (Å²) in [5.74, 6) is -0.819. The van der Waals surface area contributed by atoms with Crippen molar-refractivity contribution >= 4 is 11.4 Å². The lowest BCUT2D eigenvalue weighted by molar-refractivity contribution is -0.384. The maximum absolute atomic E-state index is 11.8. The molecule has 0 aliphatic rings. The minimum Gasteiger partial charge on any atom is -0.397 e. The number of alkyl halides is 3. The fourth-order valence-corrected chi connectivity index (χ4v) is 0.908. The Bertz CT molecular complexity index is 466. The average Bonchev–Trinajstić information content (AvgIpc) is 2.15. The van der Waals surface area contributed by atoms with Gasteiger partial charge in [-0.3, -0.25) is 10.1 Å². The van der Waals surface area contributed by atoms with Crippen molar-refractivity contribution in [2.45, 2.75) is 6.36 Å². The van der Waals surface area contributed by atoms with Crippen LogP contribution < -0.4 is 4.74 Å². The van der Waals surface area contributed by atoms with E-state index in [1.54, 1.807) is 0 Å². The second kappa shape index (κ2) is 4.01. The zero-order valence-corrected chi connectivity index (χ0v) is 7.43. The van der Waals surface area contributed by atoms with Crippen LogP contribution in [0.3, 0.4) is 0 Å². The van der Waals surface area contributed by atoms with Crippen LogP contribution in [0.5, 0.6) is 5.75 Å². The normalized spacial score (nSPS) is 10.6. The summed E-state index contributed by atoms with van der Waals surface area (Å²) in [5.41, 5.74) is -1.19. The molecule has 16 heavy (non-hydrogen) atoms. The highest BCUT2D eigenvalue weighted by Crippen LogP contribution is 2.35. The Labute approximate surface area is 86.0 Å². The highest BCUT2D eigenvalue weighted by atomic mass is 19.4. The van der Waals surface area contributed by atoms with Crippen LogP contribution in [0.1, 0.15) is 0 Å². The zero-order valence-electron chi connectivity index (χ0n) is 7.43. The number of halogens is 3. The molecule has 0 N–H and O–H groups in total. The Kier molecular flexibility index (Phi) is 2.94. The molecule has 84 valence electrons. The lowest BCUT2D eigenvalue weighted by atomic mass is 10.2. The second-order valence-corrected chi connectivity index (χ2v) is 2.56. The maximum atomic E-state index is 11.8. The highest BCUT2D eigenvalue weighted by Gasteiger charge is 2.35. The first-order valence-corrected chi connectivity index (χ1v) is 3.73. The summed E-state index contributed by atoms with van der Waals surface area (Å²) in [6.45, 7) is 0. The molecule has 0 aliphatic heterocycles. The van der Waals surface area contributed by atoms with E-state index in [0.29, 0.717) is 12.1 Å². The summed E-state index contributed by atoms with van der Waals surface area (Å²) in [6.07, 6.45) is -4.96. The molecular weight excluding hydrogens is 231 g/mol. The van der Waals surface area contributed by atoms with Gasteiger partial charge >= 0.3 is 12.0 Å². The Hall–Kier alpha value is -2.37. The lowest BCUT2D eigenvalue weighted by Gasteiger charge is -2.05. The number of nitro groups is 1. The molecule has 0 aromatic heterocycles. The van der Waals surface area contributed by atoms with E-state index in [-0.39, 0.29) is 0 Å². The third-order valence-electron chi connectivity index (χ3n) is 1.49. The van der Waals surface area contributed by atoms with Crippen LogP contribution in [0.4, 0.5) is 24.5 Å². The van der Waals surface area contributed by atoms with Crippen LogP contribution in [0.25, 0.3) is 4.98 Å². The van der Waals surface area contributed by atoms with E-state index >= 15 is 0 Å². The number of nitro benzene ring substituents is 1. The van der Waals surface area contributed by atoms with Crippen molar-refractivity contribution in [3.05, 3.63) is 33.3 Å². The number of non-ortho nitro benzene ring substituents is 1. The van der Waals surface area contributed by atoms with E-state index in [2.05, 4.69) is 9.71 Å². The van der Waals surface area contributed by atoms with E-state index < -0.39 is 28.4 Å². The predicted octanol–water partition coefficient (Wildman–Crippen LogP) is 2.98. The Morgan fingerprint density at radius 2 is 2.06 bits per heavy atom. The Balaban J connectivity index is 3.14. The molecule has 0 spiro atoms. The molecular formula is C7H3F3N3O3+. The molecule has 0 bridgehead atoms. The molecule has 0 heterocycles. The number of ether oxygens (including phenoxy) is 1. The molecule has 0 saturated heterocycles. The standard InChI is InChI=1S/C7H3F3N3O3/c8-7(9,10)16-6-2-1-4(13(14)15)3-5(6)12-11/h1-3H/q+1. The van der Waals surface area contributed by atoms with Gasteiger partial charge in [0.25, 0.3) is 5.69 Å². The number of hydrogen-bond acceptors (Lipinski definition) is 4. The van der Waals surface area contributed by atoms with Crippen molar-refractivity contribution in [1.29, 1.82) is 5.39 Å². The van der Waals surface area contributed by atoms with Gasteiger partial charge in [0.05, 0.1) is 4.92 Å². The molecule has 9 heteroatoms. The fraction of sp³-hybridized carbons (Fsp3) is 0.143. The molecule has 1 aromatic carbocycles. The van der Waals surface area contributed by atoms with Crippen LogP contribution in [-0.2, 0) is 0 Å². The summed E-state index contributed by atoms with van der Waals surface area (Å²) in [6, 6.07) is 2.15. The first-order valence-electron chi connectivity index (χ1n) is 3.73. The quantitative estimate of drug-likeness (QED) is 0.447. The molecule has 0 saturated carbocycles. The minimum absolute atomic E-state index is 0.512. The van der Waals surface area contributed by atoms with Crippen molar-refractivity contribution in [2.24, 2.45) is 0 Å². The fourth-order valence-electron chi connectivity index (χ4n) is 0.908. The largest absolute Gasteiger partial charge is 0.573 e. The number of diazo groups is 1. The van der Waals surface area contributed by atoms with Gasteiger partial charge in [0.2, 0.25) is 11.1 Å². The summed E-state index contributed by atoms with van der Waals surface area (Å²) >= 11 is 0. The second-order valence-electron chi connectivity index (χ2n) is 2.56. The molecule has 0 fully saturated rings. The monoisotopic (exact) mass is 234 g/mol. The van der Waals surface area contributed by atoms with Crippen molar-refractivity contribution in [2.75, 3.05) is 0 Å². The van der Waals surface area contributed by atoms with E-state index in [0.717, 1.165) is 6.07 Å². The first kappa shape index (κ1) is 11.7. The molecule has 0 amide bonds. The Morgan fingerprint density at radius 3 is 2.50 bits per heavy atom. The predicted molar refractivity (Wildman–Crippen MR) is 44.5 cm³/mol. The molecule has 0 atom stereocenters. The van der Waals surface area contributed by atoms with Crippen molar-refractivity contribution in [3.8, 4) is 5.75 Å². The van der Waals surface area contributed by atoms with Gasteiger partial charge in [0, 0.05) is 6.07 Å². The van der Waals surface area contributed by atoms with Gasteiger partial charge in [-0.2, -0.15) is 0 Å². The molecule has 0 unspecified atom stereocenters. The molecule has 1 aromatic rings. The number of rotatable bonds is 2. The number of benzene rings is 1. The summed E-state index contributed by atoms with van der Waals surface area (Å²) in [5, 5.41) is 18.7. The lowest BCUT2D eigenvalue weighted by Crippen LogP contribution is -2.17. The third kappa shape index (κ3) is 2.81. The Morgan fingerprint density at radius 1 is 1.44 bits per heavy atom. The summed E-state index contributed by atoms with van der Waals surface area (Å²) < 4.78 is 39.0. The smallest absolute Gasteiger partial charge is 0.397 e. The van der Waals surface area contributed by atoms with E-state index in [1.807, 2.05) is 0 Å². The summed E-state index contributed by atoms with van der Waals surface area (Å²) in [7, 11) is 0. The van der Waals surface area contributed by atoms with Crippen molar-refractivity contribution < 1.29 is 22.8 Å². The van der Waals surface area contributed by atoms with Crippen molar-refractivity contribution in [3.63, 3.8) is 0 Å². The van der Waals surface area contributed by atoms with Crippen LogP contribution in [0.15, 0.2) is 18.2 Å². The molecule has 0 aliphatic carbocycles. The topological polar surface area (TPSA) is 80.5 Å². The van der Waals surface area contributed by atoms with E-state index in [9.17, 15) is 23.3 Å². The molecule has 0 radical (unpaired) electrons. The first-order chi connectivity index (χ1) is 7.33. The highest BCUT2D eigenvalue weighted by molar-refractivity contribution is 5.61.